The first-order valence-electron chi connectivity index (χ1n) is 6.05. The third kappa shape index (κ3) is 3.23. The average molecular weight is 303 g/mol. The number of methoxy groups -OCH3 is 1. The van der Waals surface area contributed by atoms with E-state index in [9.17, 15) is 19.0 Å². The maximum atomic E-state index is 12.3. The van der Waals surface area contributed by atoms with Crippen molar-refractivity contribution >= 4 is 5.70 Å². The van der Waals surface area contributed by atoms with E-state index in [2.05, 4.69) is 10.2 Å². The van der Waals surface area contributed by atoms with Crippen LogP contribution in [0.25, 0.3) is 5.70 Å². The molecule has 3 N–H and O–H groups in total. The quantitative estimate of drug-likeness (QED) is 0.724. The molecule has 21 heavy (non-hydrogen) atoms. The van der Waals surface area contributed by atoms with Gasteiger partial charge in [-0.05, 0) is 24.3 Å². The molecule has 116 valence electrons. The predicted molar refractivity (Wildman–Crippen MR) is 68.7 cm³/mol. The van der Waals surface area contributed by atoms with Crippen LogP contribution < -0.4 is 15.0 Å². The fraction of sp³-hybridized carbons (Fsp3) is 0.385. The zero-order chi connectivity index (χ0) is 15.5. The number of alkyl halides is 2. The number of aliphatic hydroxyl groups excluding tert-OH is 2. The van der Waals surface area contributed by atoms with Gasteiger partial charge in [0.2, 0.25) is 0 Å². The van der Waals surface area contributed by atoms with Crippen LogP contribution in [0, 0.1) is 0 Å². The molecule has 8 heteroatoms. The molecule has 2 rings (SSSR count). The van der Waals surface area contributed by atoms with Crippen molar-refractivity contribution in [3.8, 4) is 11.5 Å². The van der Waals surface area contributed by atoms with E-state index in [1.54, 1.807) is 0 Å². The zero-order valence-electron chi connectivity index (χ0n) is 11.2. The largest absolute Gasteiger partial charge is 0.493 e. The van der Waals surface area contributed by atoms with Crippen molar-refractivity contribution in [1.29, 1.82) is 0 Å². The number of nitrogens with one attached hydrogen (secondary N) is 1. The number of aliphatic hydroxyl groups is 2. The molecule has 0 bridgehead atoms. The maximum Gasteiger partial charge on any atom is 0.387 e. The molecule has 0 unspecified atom stereocenters. The molecule has 0 fully saturated rings. The van der Waals surface area contributed by atoms with Crippen LogP contribution >= 0.6 is 0 Å². The van der Waals surface area contributed by atoms with Crippen molar-refractivity contribution < 1.29 is 33.3 Å². The Hall–Kier alpha value is -1.90. The van der Waals surface area contributed by atoms with Gasteiger partial charge in [-0.2, -0.15) is 8.78 Å². The smallest absolute Gasteiger partial charge is 0.387 e. The van der Waals surface area contributed by atoms with Gasteiger partial charge in [0.25, 0.3) is 0 Å². The summed E-state index contributed by atoms with van der Waals surface area (Å²) < 4.78 is 33.8. The van der Waals surface area contributed by atoms with Gasteiger partial charge in [-0.3, -0.25) is 10.3 Å². The van der Waals surface area contributed by atoms with Crippen LogP contribution in [0.3, 0.4) is 0 Å². The Bertz CT molecular complexity index is 531. The fourth-order valence-corrected chi connectivity index (χ4v) is 1.86. The van der Waals surface area contributed by atoms with Gasteiger partial charge in [0.05, 0.1) is 26.0 Å². The third-order valence-electron chi connectivity index (χ3n) is 3.00. The molecule has 0 saturated heterocycles. The monoisotopic (exact) mass is 303 g/mol. The standard InChI is InChI=1S/C13H15F2NO5/c1-19-11-4-8(2-3-10(11)20-12(14)15)9-5-13(6-17,7-18)21-16-9/h2-5,12,16-18H,6-7H2,1H3. The molecule has 0 atom stereocenters. The molecule has 1 aromatic rings. The third-order valence-corrected chi connectivity index (χ3v) is 3.00. The topological polar surface area (TPSA) is 80.2 Å². The number of halogens is 2. The Balaban J connectivity index is 2.30. The number of rotatable bonds is 6. The summed E-state index contributed by atoms with van der Waals surface area (Å²) in [5.74, 6) is 0.0346. The summed E-state index contributed by atoms with van der Waals surface area (Å²) in [6.45, 7) is -3.78. The lowest BCUT2D eigenvalue weighted by Gasteiger charge is -2.18. The molecule has 0 saturated carbocycles. The highest BCUT2D eigenvalue weighted by Crippen LogP contribution is 2.33. The number of ether oxygens (including phenoxy) is 2. The second-order valence-electron chi connectivity index (χ2n) is 4.39. The first-order chi connectivity index (χ1) is 10.0. The lowest BCUT2D eigenvalue weighted by Crippen LogP contribution is -2.37. The number of hydroxylamine groups is 1. The normalized spacial score (nSPS) is 16.6. The SMILES string of the molecule is COc1cc(C2=CC(CO)(CO)ON2)ccc1OC(F)F. The van der Waals surface area contributed by atoms with Gasteiger partial charge in [0.1, 0.15) is 0 Å². The van der Waals surface area contributed by atoms with Crippen molar-refractivity contribution in [3.63, 3.8) is 0 Å². The van der Waals surface area contributed by atoms with E-state index in [0.29, 0.717) is 11.3 Å². The van der Waals surface area contributed by atoms with Gasteiger partial charge in [0, 0.05) is 5.56 Å². The van der Waals surface area contributed by atoms with E-state index in [1.807, 2.05) is 0 Å². The summed E-state index contributed by atoms with van der Waals surface area (Å²) in [6.07, 6.45) is 1.51. The Morgan fingerprint density at radius 2 is 2.00 bits per heavy atom. The lowest BCUT2D eigenvalue weighted by molar-refractivity contribution is -0.0922. The highest BCUT2D eigenvalue weighted by molar-refractivity contribution is 5.68. The number of hydrogen-bond donors (Lipinski definition) is 3. The molecular weight excluding hydrogens is 288 g/mol. The molecule has 1 heterocycles. The van der Waals surface area contributed by atoms with Gasteiger partial charge >= 0.3 is 6.61 Å². The lowest BCUT2D eigenvalue weighted by atomic mass is 10.0. The molecular formula is C13H15F2NO5. The summed E-state index contributed by atoms with van der Waals surface area (Å²) in [7, 11) is 1.33. The first kappa shape index (κ1) is 15.5. The molecule has 0 radical (unpaired) electrons. The predicted octanol–water partition coefficient (Wildman–Crippen LogP) is 0.896. The van der Waals surface area contributed by atoms with Gasteiger partial charge < -0.3 is 19.7 Å². The van der Waals surface area contributed by atoms with Crippen molar-refractivity contribution in [2.45, 2.75) is 12.2 Å². The molecule has 0 spiro atoms. The van der Waals surface area contributed by atoms with Crippen LogP contribution in [0.2, 0.25) is 0 Å². The zero-order valence-corrected chi connectivity index (χ0v) is 11.2. The van der Waals surface area contributed by atoms with E-state index < -0.39 is 25.4 Å². The second-order valence-corrected chi connectivity index (χ2v) is 4.39. The van der Waals surface area contributed by atoms with Gasteiger partial charge in [-0.15, -0.1) is 0 Å². The average Bonchev–Trinajstić information content (AvgIpc) is 2.92. The Morgan fingerprint density at radius 3 is 2.52 bits per heavy atom. The molecule has 0 aliphatic carbocycles. The highest BCUT2D eigenvalue weighted by Gasteiger charge is 2.34. The Labute approximate surface area is 119 Å². The minimum Gasteiger partial charge on any atom is -0.493 e. The summed E-state index contributed by atoms with van der Waals surface area (Å²) in [4.78, 5) is 5.14. The van der Waals surface area contributed by atoms with Crippen molar-refractivity contribution in [1.82, 2.24) is 5.48 Å². The van der Waals surface area contributed by atoms with Gasteiger partial charge in [0.15, 0.2) is 17.1 Å². The van der Waals surface area contributed by atoms with E-state index in [0.717, 1.165) is 0 Å². The minimum absolute atomic E-state index is 0.0913. The van der Waals surface area contributed by atoms with Crippen molar-refractivity contribution in [2.75, 3.05) is 20.3 Å². The maximum absolute atomic E-state index is 12.3. The summed E-state index contributed by atoms with van der Waals surface area (Å²) in [5.41, 5.74) is 2.39. The molecule has 0 aromatic heterocycles. The van der Waals surface area contributed by atoms with E-state index in [4.69, 9.17) is 9.57 Å². The van der Waals surface area contributed by atoms with Gasteiger partial charge in [-0.1, -0.05) is 0 Å². The van der Waals surface area contributed by atoms with Crippen molar-refractivity contribution in [2.24, 2.45) is 0 Å². The first-order valence-corrected chi connectivity index (χ1v) is 6.05. The Morgan fingerprint density at radius 1 is 1.29 bits per heavy atom. The number of benzene rings is 1. The Kier molecular flexibility index (Phi) is 4.61. The van der Waals surface area contributed by atoms with Crippen LogP contribution in [0.5, 0.6) is 11.5 Å². The molecule has 1 aliphatic heterocycles. The van der Waals surface area contributed by atoms with Gasteiger partial charge in [-0.25, -0.2) is 0 Å². The second kappa shape index (κ2) is 6.25. The van der Waals surface area contributed by atoms with Crippen LogP contribution in [-0.2, 0) is 4.84 Å². The highest BCUT2D eigenvalue weighted by atomic mass is 19.3. The molecule has 0 amide bonds. The number of hydrogen-bond acceptors (Lipinski definition) is 6. The van der Waals surface area contributed by atoms with Crippen molar-refractivity contribution in [3.05, 3.63) is 29.8 Å². The molecule has 6 nitrogen and oxygen atoms in total. The van der Waals surface area contributed by atoms with E-state index >= 15 is 0 Å². The van der Waals surface area contributed by atoms with Crippen LogP contribution in [-0.4, -0.2) is 42.7 Å². The van der Waals surface area contributed by atoms with E-state index in [1.165, 1.54) is 31.4 Å². The summed E-state index contributed by atoms with van der Waals surface area (Å²) in [6, 6.07) is 4.33. The van der Waals surface area contributed by atoms with Crippen LogP contribution in [0.1, 0.15) is 5.56 Å². The summed E-state index contributed by atoms with van der Waals surface area (Å²) in [5, 5.41) is 18.5. The fourth-order valence-electron chi connectivity index (χ4n) is 1.86. The summed E-state index contributed by atoms with van der Waals surface area (Å²) >= 11 is 0. The molecule has 1 aliphatic rings. The van der Waals surface area contributed by atoms with Crippen LogP contribution in [0.4, 0.5) is 8.78 Å². The van der Waals surface area contributed by atoms with E-state index in [-0.39, 0.29) is 11.5 Å². The minimum atomic E-state index is -2.95. The molecule has 1 aromatic carbocycles. The van der Waals surface area contributed by atoms with Crippen LogP contribution in [0.15, 0.2) is 24.3 Å².